The molecule has 0 aromatic heterocycles. The van der Waals surface area contributed by atoms with Gasteiger partial charge in [0.2, 0.25) is 0 Å². The second-order valence-electron chi connectivity index (χ2n) is 3.57. The molecule has 0 saturated heterocycles. The Balaban J connectivity index is 2.36. The predicted octanol–water partition coefficient (Wildman–Crippen LogP) is 4.35. The van der Waals surface area contributed by atoms with Gasteiger partial charge in [0.15, 0.2) is 5.78 Å². The average molecular weight is 377 g/mol. The Morgan fingerprint density at radius 3 is 2.87 bits per heavy atom. The molecule has 1 aliphatic rings. The smallest absolute Gasteiger partial charge is 0.189 e. The molecule has 78 valence electrons. The number of hydrogen-bond donors (Lipinski definition) is 0. The number of allylic oxidation sites excluding steroid dienone is 2. The Morgan fingerprint density at radius 2 is 2.20 bits per heavy atom. The lowest BCUT2D eigenvalue weighted by atomic mass is 10.0. The molecule has 0 spiro atoms. The van der Waals surface area contributed by atoms with Crippen molar-refractivity contribution in [1.29, 1.82) is 0 Å². The topological polar surface area (TPSA) is 17.1 Å². The fraction of sp³-hybridized carbons (Fsp3) is 0.250. The fourth-order valence-electron chi connectivity index (χ4n) is 1.72. The van der Waals surface area contributed by atoms with Gasteiger partial charge in [-0.15, -0.1) is 0 Å². The Bertz CT molecular complexity index is 437. The van der Waals surface area contributed by atoms with E-state index in [4.69, 9.17) is 0 Å². The first-order valence-corrected chi connectivity index (χ1v) is 6.74. The summed E-state index contributed by atoms with van der Waals surface area (Å²) in [6.07, 6.45) is 5.16. The second-order valence-corrected chi connectivity index (χ2v) is 5.65. The van der Waals surface area contributed by atoms with Crippen LogP contribution in [0.3, 0.4) is 0 Å². The van der Waals surface area contributed by atoms with E-state index < -0.39 is 0 Å². The fourth-order valence-corrected chi connectivity index (χ4v) is 2.66. The van der Waals surface area contributed by atoms with Crippen LogP contribution < -0.4 is 0 Å². The van der Waals surface area contributed by atoms with Gasteiger partial charge in [0.1, 0.15) is 0 Å². The third kappa shape index (κ3) is 2.50. The van der Waals surface area contributed by atoms with Crippen molar-refractivity contribution in [1.82, 2.24) is 0 Å². The minimum absolute atomic E-state index is 0.193. The Labute approximate surface area is 111 Å². The summed E-state index contributed by atoms with van der Waals surface area (Å²) in [5.74, 6) is 0.193. The highest BCUT2D eigenvalue weighted by molar-refractivity contribution is 14.1. The number of halogens is 2. The van der Waals surface area contributed by atoms with Crippen LogP contribution in [0.15, 0.2) is 34.3 Å². The summed E-state index contributed by atoms with van der Waals surface area (Å²) < 4.78 is 1.98. The first-order valence-electron chi connectivity index (χ1n) is 4.87. The van der Waals surface area contributed by atoms with Gasteiger partial charge in [-0.25, -0.2) is 0 Å². The molecule has 0 fully saturated rings. The quantitative estimate of drug-likeness (QED) is 0.554. The van der Waals surface area contributed by atoms with Crippen molar-refractivity contribution in [3.8, 4) is 0 Å². The molecule has 0 saturated carbocycles. The first kappa shape index (κ1) is 11.3. The zero-order chi connectivity index (χ0) is 10.8. The molecule has 3 heteroatoms. The normalized spacial score (nSPS) is 15.2. The van der Waals surface area contributed by atoms with E-state index in [0.29, 0.717) is 0 Å². The van der Waals surface area contributed by atoms with Crippen molar-refractivity contribution < 1.29 is 4.79 Å². The van der Waals surface area contributed by atoms with Crippen LogP contribution in [0.5, 0.6) is 0 Å². The number of carbonyl (C=O) groups excluding carboxylic acids is 1. The molecular formula is C12H10BrIO. The standard InChI is InChI=1S/C12H10BrIO/c13-9-5-6-11(14)10(7-9)12(15)8-3-1-2-4-8/h3,5-7H,1-2,4H2. The number of carbonyl (C=O) groups is 1. The van der Waals surface area contributed by atoms with Gasteiger partial charge in [-0.3, -0.25) is 4.79 Å². The summed E-state index contributed by atoms with van der Waals surface area (Å²) in [4.78, 5) is 12.1. The zero-order valence-corrected chi connectivity index (χ0v) is 11.8. The molecule has 0 heterocycles. The van der Waals surface area contributed by atoms with E-state index >= 15 is 0 Å². The minimum Gasteiger partial charge on any atom is -0.289 e. The lowest BCUT2D eigenvalue weighted by Crippen LogP contribution is -2.03. The van der Waals surface area contributed by atoms with Crippen LogP contribution in [-0.4, -0.2) is 5.78 Å². The van der Waals surface area contributed by atoms with Crippen LogP contribution in [0.4, 0.5) is 0 Å². The van der Waals surface area contributed by atoms with Crippen LogP contribution in [0, 0.1) is 3.57 Å². The molecule has 0 amide bonds. The van der Waals surface area contributed by atoms with E-state index in [9.17, 15) is 4.79 Å². The van der Waals surface area contributed by atoms with Gasteiger partial charge < -0.3 is 0 Å². The third-order valence-electron chi connectivity index (χ3n) is 2.51. The Morgan fingerprint density at radius 1 is 1.40 bits per heavy atom. The lowest BCUT2D eigenvalue weighted by Gasteiger charge is -2.05. The Kier molecular flexibility index (Phi) is 3.61. The molecule has 0 aliphatic heterocycles. The highest BCUT2D eigenvalue weighted by Gasteiger charge is 2.17. The summed E-state index contributed by atoms with van der Waals surface area (Å²) in [7, 11) is 0. The van der Waals surface area contributed by atoms with Crippen LogP contribution in [0.25, 0.3) is 0 Å². The molecule has 1 aromatic carbocycles. The average Bonchev–Trinajstić information content (AvgIpc) is 2.74. The van der Waals surface area contributed by atoms with Gasteiger partial charge in [-0.05, 0) is 65.6 Å². The summed E-state index contributed by atoms with van der Waals surface area (Å²) in [5, 5.41) is 0. The van der Waals surface area contributed by atoms with Crippen molar-refractivity contribution in [2.24, 2.45) is 0 Å². The summed E-state index contributed by atoms with van der Waals surface area (Å²) in [5.41, 5.74) is 1.80. The van der Waals surface area contributed by atoms with E-state index in [-0.39, 0.29) is 5.78 Å². The minimum atomic E-state index is 0.193. The predicted molar refractivity (Wildman–Crippen MR) is 73.1 cm³/mol. The molecule has 2 rings (SSSR count). The van der Waals surface area contributed by atoms with Crippen LogP contribution in [0.2, 0.25) is 0 Å². The van der Waals surface area contributed by atoms with Crippen molar-refractivity contribution in [3.05, 3.63) is 43.5 Å². The molecule has 0 N–H and O–H groups in total. The van der Waals surface area contributed by atoms with Crippen LogP contribution in [-0.2, 0) is 0 Å². The molecule has 1 aliphatic carbocycles. The summed E-state index contributed by atoms with van der Waals surface area (Å²) in [6.45, 7) is 0. The molecule has 0 radical (unpaired) electrons. The number of rotatable bonds is 2. The van der Waals surface area contributed by atoms with E-state index in [1.807, 2.05) is 18.2 Å². The van der Waals surface area contributed by atoms with Gasteiger partial charge >= 0.3 is 0 Å². The second kappa shape index (κ2) is 4.78. The number of ketones is 1. The Hall–Kier alpha value is -0.160. The third-order valence-corrected chi connectivity index (χ3v) is 3.94. The summed E-state index contributed by atoms with van der Waals surface area (Å²) in [6, 6.07) is 5.83. The largest absolute Gasteiger partial charge is 0.289 e. The number of Topliss-reactive ketones (excluding diaryl/α,β-unsaturated/α-hetero) is 1. The molecule has 0 unspecified atom stereocenters. The number of benzene rings is 1. The van der Waals surface area contributed by atoms with Gasteiger partial charge in [-0.1, -0.05) is 22.0 Å². The number of hydrogen-bond acceptors (Lipinski definition) is 1. The van der Waals surface area contributed by atoms with Crippen molar-refractivity contribution >= 4 is 44.3 Å². The van der Waals surface area contributed by atoms with E-state index in [0.717, 1.165) is 38.4 Å². The van der Waals surface area contributed by atoms with Gasteiger partial charge in [0.25, 0.3) is 0 Å². The van der Waals surface area contributed by atoms with E-state index in [1.165, 1.54) is 0 Å². The maximum atomic E-state index is 12.1. The molecule has 15 heavy (non-hydrogen) atoms. The SMILES string of the molecule is O=C(C1=CCCC1)c1cc(Br)ccc1I. The maximum Gasteiger partial charge on any atom is 0.189 e. The van der Waals surface area contributed by atoms with E-state index in [2.05, 4.69) is 44.6 Å². The van der Waals surface area contributed by atoms with E-state index in [1.54, 1.807) is 0 Å². The van der Waals surface area contributed by atoms with Crippen LogP contribution in [0.1, 0.15) is 29.6 Å². The highest BCUT2D eigenvalue weighted by atomic mass is 127. The molecule has 1 nitrogen and oxygen atoms in total. The highest BCUT2D eigenvalue weighted by Crippen LogP contribution is 2.26. The maximum absolute atomic E-state index is 12.1. The lowest BCUT2D eigenvalue weighted by molar-refractivity contribution is 0.103. The molecule has 0 atom stereocenters. The van der Waals surface area contributed by atoms with Crippen molar-refractivity contribution in [3.63, 3.8) is 0 Å². The molecule has 1 aromatic rings. The van der Waals surface area contributed by atoms with Gasteiger partial charge in [-0.2, -0.15) is 0 Å². The molecule has 0 bridgehead atoms. The van der Waals surface area contributed by atoms with Crippen LogP contribution >= 0.6 is 38.5 Å². The zero-order valence-electron chi connectivity index (χ0n) is 8.09. The summed E-state index contributed by atoms with van der Waals surface area (Å²) >= 11 is 5.61. The first-order chi connectivity index (χ1) is 7.18. The van der Waals surface area contributed by atoms with Crippen molar-refractivity contribution in [2.45, 2.75) is 19.3 Å². The molecular weight excluding hydrogens is 367 g/mol. The monoisotopic (exact) mass is 376 g/mol. The van der Waals surface area contributed by atoms with Gasteiger partial charge in [0.05, 0.1) is 0 Å². The van der Waals surface area contributed by atoms with Gasteiger partial charge in [0, 0.05) is 13.6 Å². The van der Waals surface area contributed by atoms with Crippen molar-refractivity contribution in [2.75, 3.05) is 0 Å².